The molecule has 3 aromatic rings. The van der Waals surface area contributed by atoms with Crippen LogP contribution < -0.4 is 0 Å². The molecule has 0 amide bonds. The molecular formula is C23H22ClN. The molecule has 0 saturated carbocycles. The number of halogens is 1. The lowest BCUT2D eigenvalue weighted by molar-refractivity contribution is 0.833. The van der Waals surface area contributed by atoms with Crippen LogP contribution in [-0.4, -0.2) is 4.98 Å². The minimum absolute atomic E-state index is 0.500. The fourth-order valence-electron chi connectivity index (χ4n) is 3.57. The fraction of sp³-hybridized carbons (Fsp3) is 0.261. The molecule has 0 N–H and O–H groups in total. The Morgan fingerprint density at radius 2 is 1.56 bits per heavy atom. The summed E-state index contributed by atoms with van der Waals surface area (Å²) in [6.07, 6.45) is 4.12. The van der Waals surface area contributed by atoms with Crippen LogP contribution in [0.2, 0.25) is 5.02 Å². The highest BCUT2D eigenvalue weighted by molar-refractivity contribution is 6.32. The smallest absolute Gasteiger partial charge is 0.0792 e. The Labute approximate surface area is 154 Å². The van der Waals surface area contributed by atoms with Crippen molar-refractivity contribution in [2.75, 3.05) is 0 Å². The van der Waals surface area contributed by atoms with Gasteiger partial charge in [0.25, 0.3) is 0 Å². The standard InChI is InChI=1S/C23H22ClN/c1-13(2)16-7-17(14(3)4)9-18(8-16)21-12-19-11-20(24)10-15-5-6-25-23(21)22(15)19/h5-14H,1-4H3. The largest absolute Gasteiger partial charge is 0.256 e. The van der Waals surface area contributed by atoms with Crippen molar-refractivity contribution >= 4 is 34.0 Å². The molecule has 126 valence electrons. The average molecular weight is 348 g/mol. The van der Waals surface area contributed by atoms with E-state index in [1.165, 1.54) is 33.2 Å². The Morgan fingerprint density at radius 1 is 0.880 bits per heavy atom. The topological polar surface area (TPSA) is 12.9 Å². The maximum Gasteiger partial charge on any atom is 0.0792 e. The second kappa shape index (κ2) is 6.00. The monoisotopic (exact) mass is 347 g/mol. The van der Waals surface area contributed by atoms with Gasteiger partial charge in [-0.15, -0.1) is 0 Å². The molecule has 2 aromatic carbocycles. The van der Waals surface area contributed by atoms with Crippen LogP contribution in [0.15, 0.2) is 42.6 Å². The van der Waals surface area contributed by atoms with Gasteiger partial charge in [-0.2, -0.15) is 0 Å². The van der Waals surface area contributed by atoms with Crippen molar-refractivity contribution in [3.05, 3.63) is 75.6 Å². The molecule has 2 heteroatoms. The predicted octanol–water partition coefficient (Wildman–Crippen LogP) is 7.04. The van der Waals surface area contributed by atoms with Crippen LogP contribution >= 0.6 is 11.6 Å². The van der Waals surface area contributed by atoms with Crippen LogP contribution in [0, 0.1) is 0 Å². The molecule has 0 aliphatic heterocycles. The predicted molar refractivity (Wildman–Crippen MR) is 108 cm³/mol. The summed E-state index contributed by atoms with van der Waals surface area (Å²) in [6, 6.07) is 13.1. The second-order valence-corrected chi connectivity index (χ2v) is 7.94. The van der Waals surface area contributed by atoms with E-state index in [0.29, 0.717) is 11.8 Å². The zero-order chi connectivity index (χ0) is 17.7. The fourth-order valence-corrected chi connectivity index (χ4v) is 3.81. The molecule has 25 heavy (non-hydrogen) atoms. The summed E-state index contributed by atoms with van der Waals surface area (Å²) in [5.74, 6) is 1.00. The van der Waals surface area contributed by atoms with Gasteiger partial charge in [0.05, 0.1) is 5.69 Å². The highest BCUT2D eigenvalue weighted by Gasteiger charge is 2.21. The van der Waals surface area contributed by atoms with Crippen molar-refractivity contribution in [3.63, 3.8) is 0 Å². The number of hydrogen-bond acceptors (Lipinski definition) is 1. The van der Waals surface area contributed by atoms with Gasteiger partial charge in [0.15, 0.2) is 0 Å². The van der Waals surface area contributed by atoms with Crippen LogP contribution in [0.25, 0.3) is 22.4 Å². The summed E-state index contributed by atoms with van der Waals surface area (Å²) in [5, 5.41) is 3.14. The summed E-state index contributed by atoms with van der Waals surface area (Å²) >= 11 is 6.30. The van der Waals surface area contributed by atoms with Crippen LogP contribution in [-0.2, 0) is 0 Å². The molecule has 0 radical (unpaired) electrons. The molecule has 1 nitrogen and oxygen atoms in total. The summed E-state index contributed by atoms with van der Waals surface area (Å²) in [6.45, 7) is 9.00. The normalized spacial score (nSPS) is 13.2. The van der Waals surface area contributed by atoms with Gasteiger partial charge in [-0.05, 0) is 63.8 Å². The minimum atomic E-state index is 0.500. The first kappa shape index (κ1) is 16.4. The molecule has 0 spiro atoms. The van der Waals surface area contributed by atoms with Crippen molar-refractivity contribution in [1.82, 2.24) is 4.98 Å². The van der Waals surface area contributed by atoms with Crippen molar-refractivity contribution in [2.45, 2.75) is 39.5 Å². The van der Waals surface area contributed by atoms with E-state index in [9.17, 15) is 0 Å². The Balaban J connectivity index is 1.95. The van der Waals surface area contributed by atoms with Crippen molar-refractivity contribution in [1.29, 1.82) is 0 Å². The van der Waals surface area contributed by atoms with Crippen LogP contribution in [0.5, 0.6) is 0 Å². The van der Waals surface area contributed by atoms with E-state index >= 15 is 0 Å². The van der Waals surface area contributed by atoms with E-state index in [1.807, 2.05) is 24.4 Å². The van der Waals surface area contributed by atoms with Gasteiger partial charge < -0.3 is 0 Å². The lowest BCUT2D eigenvalue weighted by atomic mass is 9.90. The number of aromatic nitrogens is 1. The quantitative estimate of drug-likeness (QED) is 0.387. The molecule has 0 saturated heterocycles. The third kappa shape index (κ3) is 2.77. The number of nitrogens with zero attached hydrogens (tertiary/aromatic N) is 1. The Bertz CT molecular complexity index is 986. The molecule has 1 aliphatic rings. The van der Waals surface area contributed by atoms with E-state index in [4.69, 9.17) is 16.6 Å². The summed E-state index contributed by atoms with van der Waals surface area (Å²) in [4.78, 5) is 4.70. The maximum atomic E-state index is 6.30. The number of rotatable bonds is 3. The van der Waals surface area contributed by atoms with Crippen LogP contribution in [0.1, 0.15) is 67.5 Å². The molecule has 0 bridgehead atoms. The third-order valence-corrected chi connectivity index (χ3v) is 5.25. The molecule has 1 aromatic heterocycles. The van der Waals surface area contributed by atoms with Gasteiger partial charge >= 0.3 is 0 Å². The van der Waals surface area contributed by atoms with Gasteiger partial charge in [-0.1, -0.05) is 57.5 Å². The Kier molecular flexibility index (Phi) is 3.92. The summed E-state index contributed by atoms with van der Waals surface area (Å²) in [7, 11) is 0. The highest BCUT2D eigenvalue weighted by atomic mass is 35.5. The van der Waals surface area contributed by atoms with Gasteiger partial charge in [0, 0.05) is 22.2 Å². The third-order valence-electron chi connectivity index (χ3n) is 5.04. The van der Waals surface area contributed by atoms with E-state index in [1.54, 1.807) is 0 Å². The van der Waals surface area contributed by atoms with Gasteiger partial charge in [-0.25, -0.2) is 0 Å². The molecule has 4 rings (SSSR count). The number of pyridine rings is 1. The molecule has 0 unspecified atom stereocenters. The van der Waals surface area contributed by atoms with Crippen LogP contribution in [0.4, 0.5) is 0 Å². The van der Waals surface area contributed by atoms with Gasteiger partial charge in [0.1, 0.15) is 0 Å². The maximum absolute atomic E-state index is 6.30. The second-order valence-electron chi connectivity index (χ2n) is 7.51. The van der Waals surface area contributed by atoms with Crippen molar-refractivity contribution < 1.29 is 0 Å². The number of benzene rings is 2. The molecule has 1 heterocycles. The summed E-state index contributed by atoms with van der Waals surface area (Å²) < 4.78 is 0. The molecular weight excluding hydrogens is 326 g/mol. The summed E-state index contributed by atoms with van der Waals surface area (Å²) in [5.41, 5.74) is 7.45. The molecule has 0 fully saturated rings. The zero-order valence-electron chi connectivity index (χ0n) is 15.1. The minimum Gasteiger partial charge on any atom is -0.256 e. The molecule has 1 aliphatic carbocycles. The highest BCUT2D eigenvalue weighted by Crippen LogP contribution is 2.41. The lowest BCUT2D eigenvalue weighted by Gasteiger charge is -2.15. The van der Waals surface area contributed by atoms with Crippen molar-refractivity contribution in [3.8, 4) is 0 Å². The Morgan fingerprint density at radius 3 is 2.20 bits per heavy atom. The SMILES string of the molecule is CC(C)c1cc(C2=Cc3cc(Cl)cc4ccnc2c34)cc(C(C)C)c1. The van der Waals surface area contributed by atoms with Crippen LogP contribution in [0.3, 0.4) is 0 Å². The van der Waals surface area contributed by atoms with E-state index in [0.717, 1.165) is 16.1 Å². The van der Waals surface area contributed by atoms with Gasteiger partial charge in [0.2, 0.25) is 0 Å². The number of hydrogen-bond donors (Lipinski definition) is 0. The first-order chi connectivity index (χ1) is 11.9. The molecule has 0 atom stereocenters. The van der Waals surface area contributed by atoms with Gasteiger partial charge in [-0.3, -0.25) is 4.98 Å². The van der Waals surface area contributed by atoms with Crippen molar-refractivity contribution in [2.24, 2.45) is 0 Å². The first-order valence-electron chi connectivity index (χ1n) is 8.89. The lowest BCUT2D eigenvalue weighted by Crippen LogP contribution is -1.98. The zero-order valence-corrected chi connectivity index (χ0v) is 15.9. The first-order valence-corrected chi connectivity index (χ1v) is 9.27. The van der Waals surface area contributed by atoms with E-state index < -0.39 is 0 Å². The van der Waals surface area contributed by atoms with E-state index in [-0.39, 0.29) is 0 Å². The Hall–Kier alpha value is -2.12. The van der Waals surface area contributed by atoms with E-state index in [2.05, 4.69) is 52.0 Å². The average Bonchev–Trinajstić information content (AvgIpc) is 2.94.